The third-order valence-corrected chi connectivity index (χ3v) is 15.9. The minimum Gasteiger partial charge on any atom is -0.460 e. The van der Waals surface area contributed by atoms with Crippen LogP contribution in [-0.4, -0.2) is 120 Å². The Balaban J connectivity index is 0.927. The molecule has 0 spiro atoms. The van der Waals surface area contributed by atoms with Gasteiger partial charge in [0.15, 0.2) is 36.0 Å². The second-order valence-corrected chi connectivity index (χ2v) is 22.1. The van der Waals surface area contributed by atoms with Gasteiger partial charge in [-0.25, -0.2) is 33.5 Å². The van der Waals surface area contributed by atoms with Crippen LogP contribution in [0.5, 0.6) is 0 Å². The van der Waals surface area contributed by atoms with E-state index in [2.05, 4.69) is 19.9 Å². The smallest absolute Gasteiger partial charge is 0.338 e. The SMILES string of the molecule is N#CCCOP1(=S)OC[C@H]2O[C@@H](n3cc4c5c(ncnc53)N(C(=O)c3ccccc3)CCC4)[C@H](F)[C@@H]2OP(O)(=S)OC[C@H]2O[C@@H](n3cnc4c(=O)n(CCOC(=O)c5ccccc5)cnc43)[C@H](O1)[C@@H]2F. The fourth-order valence-electron chi connectivity index (χ4n) is 8.70. The molecule has 4 aromatic heterocycles. The van der Waals surface area contributed by atoms with Gasteiger partial charge < -0.3 is 37.2 Å². The zero-order chi connectivity index (χ0) is 48.7. The number of nitriles is 1. The number of fused-ring (bicyclic) bond motifs is 4. The van der Waals surface area contributed by atoms with Crippen LogP contribution in [0.2, 0.25) is 0 Å². The van der Waals surface area contributed by atoms with Crippen molar-refractivity contribution in [2.24, 2.45) is 0 Å². The van der Waals surface area contributed by atoms with Crippen LogP contribution in [-0.2, 0) is 73.4 Å². The van der Waals surface area contributed by atoms with Crippen LogP contribution in [0.25, 0.3) is 22.2 Å². The average molecular weight is 1040 g/mol. The van der Waals surface area contributed by atoms with E-state index in [1.165, 1.54) is 32.7 Å². The molecule has 10 atom stereocenters. The number of carbonyl (C=O) groups is 2. The lowest BCUT2D eigenvalue weighted by molar-refractivity contribution is -0.0614. The Labute approximate surface area is 406 Å². The number of anilines is 1. The quantitative estimate of drug-likeness (QED) is 0.106. The van der Waals surface area contributed by atoms with E-state index in [0.29, 0.717) is 41.7 Å². The number of hydrogen-bond acceptors (Lipinski definition) is 18. The molecule has 70 heavy (non-hydrogen) atoms. The molecule has 2 bridgehead atoms. The standard InChI is InChI=1S/C43H41F2N9O12P2S2/c44-31-28-20-61-67(58,69)65-34-29(64-41(32(34)45)53-19-27-13-7-15-52(36-30(27)37(53)48-22-47-36)39(55)25-9-3-1-4-10-25)21-62-68(70,60-17-8-14-46)66-35(31)42(63-28)54-24-49-33-38(54)50-23-51(40(33)56)16-18-59-43(57)26-11-5-2-6-12-26/h1-6,9-12,19,22-24,28-29,31-32,34-35,41-42H,7-8,13,15-18,20-21H2,(H,58,69)/t28-,29-,31-,32-,34-,35-,41-,42-,67?,68?/m1/s1. The first-order chi connectivity index (χ1) is 33.8. The first kappa shape index (κ1) is 48.3. The van der Waals surface area contributed by atoms with Crippen LogP contribution < -0.4 is 10.5 Å². The van der Waals surface area contributed by atoms with Gasteiger partial charge in [-0.3, -0.25) is 32.7 Å². The van der Waals surface area contributed by atoms with Crippen LogP contribution in [0.15, 0.2) is 90.6 Å². The molecule has 1 N–H and O–H groups in total. The molecule has 3 saturated heterocycles. The van der Waals surface area contributed by atoms with Gasteiger partial charge in [-0.2, -0.15) is 5.26 Å². The van der Waals surface area contributed by atoms with E-state index < -0.39 is 87.4 Å². The highest BCUT2D eigenvalue weighted by atomic mass is 32.5. The molecule has 366 valence electrons. The number of imidazole rings is 1. The van der Waals surface area contributed by atoms with Crippen LogP contribution in [0.3, 0.4) is 0 Å². The maximum Gasteiger partial charge on any atom is 0.338 e. The lowest BCUT2D eigenvalue weighted by Crippen LogP contribution is -2.34. The summed E-state index contributed by atoms with van der Waals surface area (Å²) in [6.45, 7) is -10.2. The van der Waals surface area contributed by atoms with Gasteiger partial charge in [0, 0.05) is 18.3 Å². The molecule has 21 nitrogen and oxygen atoms in total. The molecule has 0 saturated carbocycles. The third-order valence-electron chi connectivity index (χ3n) is 12.0. The van der Waals surface area contributed by atoms with E-state index in [-0.39, 0.29) is 48.9 Å². The van der Waals surface area contributed by atoms with Crippen molar-refractivity contribution < 1.29 is 60.1 Å². The molecule has 4 aliphatic heterocycles. The number of esters is 1. The number of halogens is 2. The highest BCUT2D eigenvalue weighted by molar-refractivity contribution is 8.07. The zero-order valence-electron chi connectivity index (χ0n) is 36.5. The number of aryl methyl sites for hydroxylation is 1. The van der Waals surface area contributed by atoms with Crippen molar-refractivity contribution in [3.05, 3.63) is 113 Å². The number of hydrogen-bond donors (Lipinski definition) is 1. The largest absolute Gasteiger partial charge is 0.460 e. The Morgan fingerprint density at radius 3 is 2.37 bits per heavy atom. The van der Waals surface area contributed by atoms with Gasteiger partial charge in [0.05, 0.1) is 56.1 Å². The molecule has 6 aromatic rings. The van der Waals surface area contributed by atoms with Crippen molar-refractivity contribution in [1.29, 1.82) is 5.26 Å². The number of nitrogens with zero attached hydrogens (tertiary/aromatic N) is 9. The molecule has 2 aromatic carbocycles. The Hall–Kier alpha value is -5.32. The second kappa shape index (κ2) is 20.1. The summed E-state index contributed by atoms with van der Waals surface area (Å²) in [5, 5.41) is 9.89. The average Bonchev–Trinajstić information content (AvgIpc) is 4.08. The van der Waals surface area contributed by atoms with Gasteiger partial charge in [0.2, 0.25) is 0 Å². The van der Waals surface area contributed by atoms with Gasteiger partial charge in [-0.05, 0) is 66.3 Å². The molecule has 0 aliphatic carbocycles. The Kier molecular flexibility index (Phi) is 13.8. The maximum absolute atomic E-state index is 17.1. The van der Waals surface area contributed by atoms with Crippen molar-refractivity contribution in [2.45, 2.75) is 75.0 Å². The van der Waals surface area contributed by atoms with Crippen molar-refractivity contribution in [3.63, 3.8) is 0 Å². The van der Waals surface area contributed by atoms with Crippen molar-refractivity contribution in [2.75, 3.05) is 37.9 Å². The summed E-state index contributed by atoms with van der Waals surface area (Å²) < 4.78 is 85.4. The van der Waals surface area contributed by atoms with E-state index in [9.17, 15) is 24.5 Å². The summed E-state index contributed by atoms with van der Waals surface area (Å²) in [4.78, 5) is 70.5. The maximum atomic E-state index is 17.1. The number of alkyl halides is 2. The number of rotatable bonds is 10. The van der Waals surface area contributed by atoms with E-state index in [1.54, 1.807) is 71.8 Å². The zero-order valence-corrected chi connectivity index (χ0v) is 39.9. The van der Waals surface area contributed by atoms with Gasteiger partial charge >= 0.3 is 19.4 Å². The summed E-state index contributed by atoms with van der Waals surface area (Å²) in [6, 6.07) is 19.0. The molecule has 27 heteroatoms. The lowest BCUT2D eigenvalue weighted by Gasteiger charge is -2.30. The third kappa shape index (κ3) is 9.47. The summed E-state index contributed by atoms with van der Waals surface area (Å²) in [5.41, 5.74) is 0.963. The molecule has 3 fully saturated rings. The number of aromatic nitrogens is 7. The molecule has 0 radical (unpaired) electrons. The molecule has 2 unspecified atom stereocenters. The van der Waals surface area contributed by atoms with Gasteiger partial charge in [-0.1, -0.05) is 36.4 Å². The highest BCUT2D eigenvalue weighted by Crippen LogP contribution is 2.57. The Bertz CT molecular complexity index is 3150. The minimum absolute atomic E-state index is 0.0481. The van der Waals surface area contributed by atoms with Crippen molar-refractivity contribution in [1.82, 2.24) is 33.6 Å². The first-order valence-corrected chi connectivity index (χ1v) is 27.0. The summed E-state index contributed by atoms with van der Waals surface area (Å²) >= 11 is 11.2. The molecule has 8 heterocycles. The predicted octanol–water partition coefficient (Wildman–Crippen LogP) is 5.15. The number of carbonyl (C=O) groups excluding carboxylic acids is 2. The van der Waals surface area contributed by atoms with Crippen LogP contribution in [0.1, 0.15) is 51.6 Å². The van der Waals surface area contributed by atoms with Crippen LogP contribution >= 0.6 is 13.4 Å². The monoisotopic (exact) mass is 1040 g/mol. The van der Waals surface area contributed by atoms with Crippen molar-refractivity contribution >= 4 is 76.9 Å². The van der Waals surface area contributed by atoms with E-state index >= 15 is 8.78 Å². The fraction of sp³-hybridized carbons (Fsp3) is 0.395. The summed E-state index contributed by atoms with van der Waals surface area (Å²) in [6.07, 6.45) is -7.26. The second-order valence-electron chi connectivity index (χ2n) is 16.4. The summed E-state index contributed by atoms with van der Waals surface area (Å²) in [5.74, 6) is -0.515. The molecule has 1 amide bonds. The number of ether oxygens (including phenoxy) is 3. The van der Waals surface area contributed by atoms with Crippen molar-refractivity contribution in [3.8, 4) is 6.07 Å². The van der Waals surface area contributed by atoms with E-state index in [1.807, 2.05) is 6.07 Å². The Morgan fingerprint density at radius 2 is 1.60 bits per heavy atom. The van der Waals surface area contributed by atoms with E-state index in [4.69, 9.17) is 60.4 Å². The van der Waals surface area contributed by atoms with Gasteiger partial charge in [-0.15, -0.1) is 0 Å². The summed E-state index contributed by atoms with van der Waals surface area (Å²) in [7, 11) is 0. The predicted molar refractivity (Wildman–Crippen MR) is 249 cm³/mol. The minimum atomic E-state index is -4.46. The normalized spacial score (nSPS) is 29.1. The molecular weight excluding hydrogens is 999 g/mol. The molecule has 10 rings (SSSR count). The molecule has 4 aliphatic rings. The first-order valence-electron chi connectivity index (χ1n) is 21.9. The molecular formula is C43H41F2N9O12P2S2. The number of benzene rings is 2. The topological polar surface area (TPSA) is 239 Å². The highest BCUT2D eigenvalue weighted by Gasteiger charge is 2.54. The fourth-order valence-corrected chi connectivity index (χ4v) is 12.2. The van der Waals surface area contributed by atoms with Crippen LogP contribution in [0, 0.1) is 11.3 Å². The van der Waals surface area contributed by atoms with E-state index in [0.717, 1.165) is 5.56 Å². The number of amides is 1. The van der Waals surface area contributed by atoms with Gasteiger partial charge in [0.1, 0.15) is 55.1 Å². The Morgan fingerprint density at radius 1 is 0.857 bits per heavy atom. The van der Waals surface area contributed by atoms with Crippen LogP contribution in [0.4, 0.5) is 14.6 Å². The van der Waals surface area contributed by atoms with Gasteiger partial charge in [0.25, 0.3) is 11.5 Å². The lowest BCUT2D eigenvalue weighted by atomic mass is 10.1.